The molecule has 98 valence electrons. The zero-order chi connectivity index (χ0) is 13.5. The van der Waals surface area contributed by atoms with Gasteiger partial charge in [0.25, 0.3) is 0 Å². The van der Waals surface area contributed by atoms with E-state index in [1.165, 1.54) is 6.08 Å². The van der Waals surface area contributed by atoms with Crippen LogP contribution in [0.2, 0.25) is 0 Å². The zero-order valence-electron chi connectivity index (χ0n) is 10.1. The minimum Gasteiger partial charge on any atom is -0.478 e. The number of carboxylic acids is 1. The molecule has 4 N–H and O–H groups in total. The lowest BCUT2D eigenvalue weighted by atomic mass is 10.0. The molecule has 0 radical (unpaired) electrons. The van der Waals surface area contributed by atoms with E-state index in [1.54, 1.807) is 31.3 Å². The molecule has 0 saturated heterocycles. The predicted octanol–water partition coefficient (Wildman–Crippen LogP) is 0.398. The summed E-state index contributed by atoms with van der Waals surface area (Å²) < 4.78 is 0. The summed E-state index contributed by atoms with van der Waals surface area (Å²) in [5.74, 6) is -1.01. The van der Waals surface area contributed by atoms with Crippen LogP contribution in [-0.4, -0.2) is 41.0 Å². The van der Waals surface area contributed by atoms with Crippen molar-refractivity contribution in [3.05, 3.63) is 41.5 Å². The van der Waals surface area contributed by atoms with Crippen LogP contribution >= 0.6 is 0 Å². The lowest BCUT2D eigenvalue weighted by Crippen LogP contribution is -2.29. The number of aliphatic hydroxyl groups excluding tert-OH is 2. The molecule has 0 saturated carbocycles. The molecule has 2 unspecified atom stereocenters. The maximum absolute atomic E-state index is 10.3. The molecule has 1 aromatic rings. The van der Waals surface area contributed by atoms with Crippen LogP contribution in [0.3, 0.4) is 0 Å². The van der Waals surface area contributed by atoms with Gasteiger partial charge in [0, 0.05) is 12.6 Å². The van der Waals surface area contributed by atoms with E-state index in [4.69, 9.17) is 5.11 Å². The Morgan fingerprint density at radius 1 is 1.33 bits per heavy atom. The van der Waals surface area contributed by atoms with Gasteiger partial charge in [-0.1, -0.05) is 24.3 Å². The van der Waals surface area contributed by atoms with Gasteiger partial charge in [-0.3, -0.25) is 0 Å². The van der Waals surface area contributed by atoms with Crippen LogP contribution in [0.25, 0.3) is 6.08 Å². The number of carboxylic acid groups (broad SMARTS) is 1. The minimum atomic E-state index is -1.01. The van der Waals surface area contributed by atoms with Crippen molar-refractivity contribution in [1.82, 2.24) is 5.32 Å². The zero-order valence-corrected chi connectivity index (χ0v) is 10.1. The Kier molecular flexibility index (Phi) is 5.51. The van der Waals surface area contributed by atoms with Crippen LogP contribution in [0.1, 0.15) is 17.2 Å². The number of hydrogen-bond acceptors (Lipinski definition) is 4. The summed E-state index contributed by atoms with van der Waals surface area (Å²) in [6.45, 7) is 0.293. The van der Waals surface area contributed by atoms with Crippen LogP contribution in [0.15, 0.2) is 30.3 Å². The van der Waals surface area contributed by atoms with Crippen molar-refractivity contribution in [3.63, 3.8) is 0 Å². The van der Waals surface area contributed by atoms with E-state index in [-0.39, 0.29) is 0 Å². The minimum absolute atomic E-state index is 0.293. The van der Waals surface area contributed by atoms with Gasteiger partial charge in [-0.2, -0.15) is 0 Å². The molecule has 0 heterocycles. The van der Waals surface area contributed by atoms with E-state index in [1.807, 2.05) is 0 Å². The first-order valence-corrected chi connectivity index (χ1v) is 5.56. The lowest BCUT2D eigenvalue weighted by Gasteiger charge is -2.17. The Labute approximate surface area is 105 Å². The van der Waals surface area contributed by atoms with Gasteiger partial charge in [-0.25, -0.2) is 4.79 Å². The summed E-state index contributed by atoms with van der Waals surface area (Å²) >= 11 is 0. The second kappa shape index (κ2) is 6.90. The van der Waals surface area contributed by atoms with Crippen LogP contribution in [0.5, 0.6) is 0 Å². The molecule has 5 heteroatoms. The van der Waals surface area contributed by atoms with Gasteiger partial charge in [0.2, 0.25) is 0 Å². The average Bonchev–Trinajstić information content (AvgIpc) is 2.36. The van der Waals surface area contributed by atoms with Crippen molar-refractivity contribution in [1.29, 1.82) is 0 Å². The van der Waals surface area contributed by atoms with E-state index >= 15 is 0 Å². The Morgan fingerprint density at radius 2 is 1.94 bits per heavy atom. The number of carbonyl (C=O) groups is 1. The number of aliphatic carboxylic acids is 1. The van der Waals surface area contributed by atoms with E-state index < -0.39 is 18.2 Å². The third-order valence-corrected chi connectivity index (χ3v) is 2.47. The molecular weight excluding hydrogens is 234 g/mol. The second-order valence-corrected chi connectivity index (χ2v) is 3.91. The summed E-state index contributed by atoms with van der Waals surface area (Å²) in [6.07, 6.45) is 0.662. The third-order valence-electron chi connectivity index (χ3n) is 2.47. The van der Waals surface area contributed by atoms with E-state index in [0.29, 0.717) is 12.1 Å². The normalized spacial score (nSPS) is 14.6. The third kappa shape index (κ3) is 4.29. The molecule has 0 spiro atoms. The van der Waals surface area contributed by atoms with Crippen molar-refractivity contribution in [2.75, 3.05) is 13.6 Å². The van der Waals surface area contributed by atoms with Crippen molar-refractivity contribution >= 4 is 12.0 Å². The van der Waals surface area contributed by atoms with Gasteiger partial charge >= 0.3 is 5.97 Å². The topological polar surface area (TPSA) is 89.8 Å². The smallest absolute Gasteiger partial charge is 0.328 e. The van der Waals surface area contributed by atoms with Crippen LogP contribution in [0.4, 0.5) is 0 Å². The maximum Gasteiger partial charge on any atom is 0.328 e. The van der Waals surface area contributed by atoms with Gasteiger partial charge in [0.1, 0.15) is 6.10 Å². The summed E-state index contributed by atoms with van der Waals surface area (Å²) in [5.41, 5.74) is 1.31. The van der Waals surface area contributed by atoms with Crippen LogP contribution < -0.4 is 5.32 Å². The van der Waals surface area contributed by atoms with Crippen LogP contribution in [0, 0.1) is 0 Å². The first-order valence-electron chi connectivity index (χ1n) is 5.56. The quantitative estimate of drug-likeness (QED) is 0.549. The summed E-state index contributed by atoms with van der Waals surface area (Å²) in [7, 11) is 1.69. The monoisotopic (exact) mass is 251 g/mol. The standard InChI is InChI=1S/C13H17NO4/c1-14-8-11(15)13(18)10-5-2-9(3-6-10)4-7-12(16)17/h2-7,11,13-15,18H,8H2,1H3,(H,16,17)/b7-4+. The van der Waals surface area contributed by atoms with Gasteiger partial charge in [0.05, 0.1) is 6.10 Å². The molecule has 1 rings (SSSR count). The number of benzene rings is 1. The molecular formula is C13H17NO4. The SMILES string of the molecule is CNCC(O)C(O)c1ccc(/C=C/C(=O)O)cc1. The predicted molar refractivity (Wildman–Crippen MR) is 68.0 cm³/mol. The number of likely N-dealkylation sites (N-methyl/N-ethyl adjacent to an activating group) is 1. The van der Waals surface area contributed by atoms with E-state index in [2.05, 4.69) is 5.32 Å². The molecule has 18 heavy (non-hydrogen) atoms. The number of hydrogen-bond donors (Lipinski definition) is 4. The Bertz CT molecular complexity index is 414. The number of aliphatic hydroxyl groups is 2. The van der Waals surface area contributed by atoms with Gasteiger partial charge in [-0.15, -0.1) is 0 Å². The van der Waals surface area contributed by atoms with Gasteiger partial charge in [-0.05, 0) is 24.3 Å². The average molecular weight is 251 g/mol. The highest BCUT2D eigenvalue weighted by Crippen LogP contribution is 2.17. The van der Waals surface area contributed by atoms with Gasteiger partial charge in [0.15, 0.2) is 0 Å². The molecule has 0 aliphatic carbocycles. The van der Waals surface area contributed by atoms with Crippen molar-refractivity contribution < 1.29 is 20.1 Å². The molecule has 0 bridgehead atoms. The second-order valence-electron chi connectivity index (χ2n) is 3.91. The molecule has 0 aromatic heterocycles. The van der Waals surface area contributed by atoms with Gasteiger partial charge < -0.3 is 20.6 Å². The molecule has 0 amide bonds. The highest BCUT2D eigenvalue weighted by atomic mass is 16.4. The molecule has 0 aliphatic heterocycles. The molecule has 5 nitrogen and oxygen atoms in total. The number of nitrogens with one attached hydrogen (secondary N) is 1. The molecule has 0 fully saturated rings. The fourth-order valence-electron chi connectivity index (χ4n) is 1.51. The molecule has 0 aliphatic rings. The van der Waals surface area contributed by atoms with E-state index in [9.17, 15) is 15.0 Å². The summed E-state index contributed by atoms with van der Waals surface area (Å²) in [4.78, 5) is 10.3. The Morgan fingerprint density at radius 3 is 2.44 bits per heavy atom. The van der Waals surface area contributed by atoms with Crippen molar-refractivity contribution in [3.8, 4) is 0 Å². The summed E-state index contributed by atoms with van der Waals surface area (Å²) in [5, 5.41) is 30.7. The summed E-state index contributed by atoms with van der Waals surface area (Å²) in [6, 6.07) is 6.68. The van der Waals surface area contributed by atoms with Crippen molar-refractivity contribution in [2.24, 2.45) is 0 Å². The highest BCUT2D eigenvalue weighted by molar-refractivity contribution is 5.85. The highest BCUT2D eigenvalue weighted by Gasteiger charge is 2.16. The van der Waals surface area contributed by atoms with E-state index in [0.717, 1.165) is 11.6 Å². The van der Waals surface area contributed by atoms with Crippen LogP contribution in [-0.2, 0) is 4.79 Å². The fraction of sp³-hybridized carbons (Fsp3) is 0.308. The molecule has 1 aromatic carbocycles. The maximum atomic E-state index is 10.3. The first kappa shape index (κ1) is 14.4. The molecule has 2 atom stereocenters. The Hall–Kier alpha value is -1.69. The first-order chi connectivity index (χ1) is 8.54. The van der Waals surface area contributed by atoms with Crippen molar-refractivity contribution in [2.45, 2.75) is 12.2 Å². The fourth-order valence-corrected chi connectivity index (χ4v) is 1.51. The number of rotatable bonds is 6. The largest absolute Gasteiger partial charge is 0.478 e. The lowest BCUT2D eigenvalue weighted by molar-refractivity contribution is -0.131. The Balaban J connectivity index is 2.73.